The van der Waals surface area contributed by atoms with Crippen molar-refractivity contribution >= 4 is 21.9 Å². The molecule has 0 unspecified atom stereocenters. The molecule has 0 heterocycles. The van der Waals surface area contributed by atoms with Crippen LogP contribution in [-0.4, -0.2) is 18.2 Å². The van der Waals surface area contributed by atoms with Crippen molar-refractivity contribution in [2.75, 3.05) is 7.11 Å². The van der Waals surface area contributed by atoms with E-state index in [0.29, 0.717) is 21.7 Å². The fourth-order valence-corrected chi connectivity index (χ4v) is 2.14. The second kappa shape index (κ2) is 5.96. The van der Waals surface area contributed by atoms with Crippen molar-refractivity contribution < 1.29 is 19.4 Å². The minimum absolute atomic E-state index is 0.123. The lowest BCUT2D eigenvalue weighted by Crippen LogP contribution is -2.00. The molecule has 0 aromatic heterocycles. The van der Waals surface area contributed by atoms with Gasteiger partial charge in [0, 0.05) is 0 Å². The largest absolute Gasteiger partial charge is 0.497 e. The third-order valence-electron chi connectivity index (χ3n) is 2.73. The number of carboxylic acid groups (broad SMARTS) is 1. The van der Waals surface area contributed by atoms with Crippen molar-refractivity contribution in [3.8, 4) is 17.2 Å². The van der Waals surface area contributed by atoms with Gasteiger partial charge >= 0.3 is 5.97 Å². The number of methoxy groups -OCH3 is 1. The van der Waals surface area contributed by atoms with Crippen LogP contribution in [0.15, 0.2) is 40.9 Å². The highest BCUT2D eigenvalue weighted by molar-refractivity contribution is 9.10. The lowest BCUT2D eigenvalue weighted by atomic mass is 10.1. The smallest absolute Gasteiger partial charge is 0.339 e. The summed E-state index contributed by atoms with van der Waals surface area (Å²) in [5, 5.41) is 9.17. The van der Waals surface area contributed by atoms with E-state index in [1.165, 1.54) is 6.07 Å². The fraction of sp³-hybridized carbons (Fsp3) is 0.133. The molecule has 0 bridgehead atoms. The van der Waals surface area contributed by atoms with E-state index in [2.05, 4.69) is 15.9 Å². The molecule has 4 nitrogen and oxygen atoms in total. The second-order valence-electron chi connectivity index (χ2n) is 4.20. The Morgan fingerprint density at radius 1 is 1.15 bits per heavy atom. The average molecular weight is 337 g/mol. The summed E-state index contributed by atoms with van der Waals surface area (Å²) in [7, 11) is 1.57. The van der Waals surface area contributed by atoms with Crippen molar-refractivity contribution in [3.05, 3.63) is 52.0 Å². The average Bonchev–Trinajstić information content (AvgIpc) is 2.40. The van der Waals surface area contributed by atoms with Gasteiger partial charge in [0.05, 0.1) is 11.6 Å². The number of halogens is 1. The van der Waals surface area contributed by atoms with E-state index in [-0.39, 0.29) is 5.56 Å². The zero-order valence-corrected chi connectivity index (χ0v) is 12.6. The minimum Gasteiger partial charge on any atom is -0.497 e. The van der Waals surface area contributed by atoms with Crippen LogP contribution < -0.4 is 9.47 Å². The van der Waals surface area contributed by atoms with Crippen molar-refractivity contribution in [2.24, 2.45) is 0 Å². The molecule has 104 valence electrons. The Hall–Kier alpha value is -2.01. The van der Waals surface area contributed by atoms with E-state index in [1.54, 1.807) is 37.4 Å². The van der Waals surface area contributed by atoms with Crippen LogP contribution in [0.25, 0.3) is 0 Å². The molecular weight excluding hydrogens is 324 g/mol. The molecule has 0 fully saturated rings. The summed E-state index contributed by atoms with van der Waals surface area (Å²) < 4.78 is 11.5. The molecule has 0 aliphatic carbocycles. The van der Waals surface area contributed by atoms with Gasteiger partial charge in [0.1, 0.15) is 22.8 Å². The second-order valence-corrected chi connectivity index (χ2v) is 5.06. The summed E-state index contributed by atoms with van der Waals surface area (Å²) in [5.74, 6) is 0.499. The predicted molar refractivity (Wildman–Crippen MR) is 78.9 cm³/mol. The van der Waals surface area contributed by atoms with E-state index in [4.69, 9.17) is 9.47 Å². The highest BCUT2D eigenvalue weighted by Gasteiger charge is 2.13. The van der Waals surface area contributed by atoms with Gasteiger partial charge in [-0.1, -0.05) is 6.07 Å². The molecule has 0 saturated heterocycles. The number of benzene rings is 2. The number of aromatic carboxylic acids is 1. The molecule has 0 aliphatic heterocycles. The first kappa shape index (κ1) is 14.4. The summed E-state index contributed by atoms with van der Waals surface area (Å²) in [6.07, 6.45) is 0. The Morgan fingerprint density at radius 2 is 1.90 bits per heavy atom. The van der Waals surface area contributed by atoms with Gasteiger partial charge < -0.3 is 14.6 Å². The van der Waals surface area contributed by atoms with E-state index >= 15 is 0 Å². The molecule has 2 aromatic carbocycles. The number of carboxylic acids is 1. The first-order valence-corrected chi connectivity index (χ1v) is 6.66. The standard InChI is InChI=1S/C15H13BrO4/c1-9-3-5-11(15(17)18)14(7-9)20-13-6-4-10(19-2)8-12(13)16/h3-8H,1-2H3,(H,17,18). The van der Waals surface area contributed by atoms with Crippen LogP contribution in [0, 0.1) is 6.92 Å². The van der Waals surface area contributed by atoms with Crippen LogP contribution in [0.3, 0.4) is 0 Å². The van der Waals surface area contributed by atoms with Crippen LogP contribution in [0.2, 0.25) is 0 Å². The topological polar surface area (TPSA) is 55.8 Å². The van der Waals surface area contributed by atoms with E-state index in [0.717, 1.165) is 5.56 Å². The zero-order chi connectivity index (χ0) is 14.7. The molecule has 2 aromatic rings. The molecule has 0 aliphatic rings. The van der Waals surface area contributed by atoms with Crippen molar-refractivity contribution in [1.82, 2.24) is 0 Å². The first-order valence-electron chi connectivity index (χ1n) is 5.86. The van der Waals surface area contributed by atoms with Crippen LogP contribution >= 0.6 is 15.9 Å². The molecule has 2 rings (SSSR count). The number of hydrogen-bond donors (Lipinski definition) is 1. The molecular formula is C15H13BrO4. The maximum atomic E-state index is 11.2. The lowest BCUT2D eigenvalue weighted by Gasteiger charge is -2.12. The van der Waals surface area contributed by atoms with Gasteiger partial charge in [0.2, 0.25) is 0 Å². The maximum Gasteiger partial charge on any atom is 0.339 e. The summed E-state index contributed by atoms with van der Waals surface area (Å²) in [6.45, 7) is 1.88. The van der Waals surface area contributed by atoms with Crippen LogP contribution in [0.1, 0.15) is 15.9 Å². The van der Waals surface area contributed by atoms with Crippen LogP contribution in [0.4, 0.5) is 0 Å². The van der Waals surface area contributed by atoms with Crippen molar-refractivity contribution in [3.63, 3.8) is 0 Å². The number of ether oxygens (including phenoxy) is 2. The molecule has 20 heavy (non-hydrogen) atoms. The summed E-state index contributed by atoms with van der Waals surface area (Å²) in [6, 6.07) is 10.2. The molecule has 0 saturated carbocycles. The van der Waals surface area contributed by atoms with Gasteiger partial charge in [-0.15, -0.1) is 0 Å². The summed E-state index contributed by atoms with van der Waals surface area (Å²) in [4.78, 5) is 11.2. The Balaban J connectivity index is 2.39. The number of carbonyl (C=O) groups is 1. The van der Waals surface area contributed by atoms with Gasteiger partial charge in [-0.2, -0.15) is 0 Å². The highest BCUT2D eigenvalue weighted by Crippen LogP contribution is 2.34. The SMILES string of the molecule is COc1ccc(Oc2cc(C)ccc2C(=O)O)c(Br)c1. The van der Waals surface area contributed by atoms with Crippen molar-refractivity contribution in [1.29, 1.82) is 0 Å². The first-order chi connectivity index (χ1) is 9.51. The Bertz CT molecular complexity index is 652. The highest BCUT2D eigenvalue weighted by atomic mass is 79.9. The maximum absolute atomic E-state index is 11.2. The molecule has 0 radical (unpaired) electrons. The van der Waals surface area contributed by atoms with E-state index in [9.17, 15) is 9.90 Å². The van der Waals surface area contributed by atoms with E-state index in [1.807, 2.05) is 6.92 Å². The third kappa shape index (κ3) is 3.11. The molecule has 0 amide bonds. The summed E-state index contributed by atoms with van der Waals surface area (Å²) >= 11 is 3.37. The normalized spacial score (nSPS) is 10.2. The lowest BCUT2D eigenvalue weighted by molar-refractivity contribution is 0.0694. The molecule has 0 atom stereocenters. The molecule has 5 heteroatoms. The third-order valence-corrected chi connectivity index (χ3v) is 3.35. The van der Waals surface area contributed by atoms with Gasteiger partial charge in [0.15, 0.2) is 0 Å². The van der Waals surface area contributed by atoms with E-state index < -0.39 is 5.97 Å². The van der Waals surface area contributed by atoms with Gasteiger partial charge in [-0.3, -0.25) is 0 Å². The molecule has 1 N–H and O–H groups in total. The van der Waals surface area contributed by atoms with Crippen molar-refractivity contribution in [2.45, 2.75) is 6.92 Å². The zero-order valence-electron chi connectivity index (χ0n) is 11.0. The minimum atomic E-state index is -1.02. The van der Waals surface area contributed by atoms with Crippen LogP contribution in [0.5, 0.6) is 17.2 Å². The summed E-state index contributed by atoms with van der Waals surface area (Å²) in [5.41, 5.74) is 1.05. The Morgan fingerprint density at radius 3 is 2.50 bits per heavy atom. The predicted octanol–water partition coefficient (Wildman–Crippen LogP) is 4.26. The van der Waals surface area contributed by atoms with Crippen LogP contribution in [-0.2, 0) is 0 Å². The fourth-order valence-electron chi connectivity index (χ4n) is 1.70. The molecule has 0 spiro atoms. The van der Waals surface area contributed by atoms with Gasteiger partial charge in [-0.25, -0.2) is 4.79 Å². The Kier molecular flexibility index (Phi) is 4.29. The quantitative estimate of drug-likeness (QED) is 0.906. The number of aryl methyl sites for hydroxylation is 1. The van der Waals surface area contributed by atoms with Gasteiger partial charge in [-0.05, 0) is 58.7 Å². The number of hydrogen-bond acceptors (Lipinski definition) is 3. The Labute approximate surface area is 125 Å². The number of rotatable bonds is 4. The monoisotopic (exact) mass is 336 g/mol. The van der Waals surface area contributed by atoms with Gasteiger partial charge in [0.25, 0.3) is 0 Å².